The van der Waals surface area contributed by atoms with E-state index in [0.29, 0.717) is 12.3 Å². The molecule has 0 aromatic heterocycles. The van der Waals surface area contributed by atoms with Crippen molar-refractivity contribution in [2.24, 2.45) is 5.10 Å². The zero-order valence-electron chi connectivity index (χ0n) is 17.9. The van der Waals surface area contributed by atoms with Crippen LogP contribution in [0.15, 0.2) is 65.8 Å². The van der Waals surface area contributed by atoms with Crippen molar-refractivity contribution in [3.63, 3.8) is 0 Å². The maximum absolute atomic E-state index is 12.1. The minimum atomic E-state index is -0.327. The minimum Gasteiger partial charge on any atom is -0.493 e. The summed E-state index contributed by atoms with van der Waals surface area (Å²) in [5.41, 5.74) is 5.14. The second-order valence-electron chi connectivity index (χ2n) is 7.25. The van der Waals surface area contributed by atoms with Crippen molar-refractivity contribution in [2.45, 2.75) is 33.1 Å². The third-order valence-electron chi connectivity index (χ3n) is 4.69. The van der Waals surface area contributed by atoms with Gasteiger partial charge in [-0.2, -0.15) is 5.10 Å². The summed E-state index contributed by atoms with van der Waals surface area (Å²) in [5.74, 6) is 0.176. The molecule has 3 aromatic carbocycles. The fourth-order valence-electron chi connectivity index (χ4n) is 3.06. The third kappa shape index (κ3) is 6.40. The van der Waals surface area contributed by atoms with Gasteiger partial charge in [0.15, 0.2) is 0 Å². The lowest BCUT2D eigenvalue weighted by Crippen LogP contribution is -2.20. The predicted molar refractivity (Wildman–Crippen MR) is 125 cm³/mol. The van der Waals surface area contributed by atoms with Gasteiger partial charge in [-0.25, -0.2) is 5.43 Å². The van der Waals surface area contributed by atoms with Crippen molar-refractivity contribution in [1.82, 2.24) is 5.43 Å². The summed E-state index contributed by atoms with van der Waals surface area (Å²) in [5, 5.41) is 8.93. The first-order valence-electron chi connectivity index (χ1n) is 10.4. The lowest BCUT2D eigenvalue weighted by molar-refractivity contribution is -0.124. The summed E-state index contributed by atoms with van der Waals surface area (Å²) in [6, 6.07) is 19.4. The maximum Gasteiger partial charge on any atom is 0.240 e. The van der Waals surface area contributed by atoms with E-state index in [1.54, 1.807) is 6.21 Å². The van der Waals surface area contributed by atoms with Gasteiger partial charge < -0.3 is 10.1 Å². The van der Waals surface area contributed by atoms with Crippen molar-refractivity contribution >= 4 is 34.5 Å². The van der Waals surface area contributed by atoms with Crippen LogP contribution in [-0.4, -0.2) is 24.6 Å². The molecule has 0 spiro atoms. The van der Waals surface area contributed by atoms with Crippen molar-refractivity contribution in [3.8, 4) is 5.75 Å². The average Bonchev–Trinajstić information content (AvgIpc) is 2.78. The number of hydrogen-bond acceptors (Lipinski definition) is 4. The number of aryl methyl sites for hydroxylation is 1. The Labute approximate surface area is 182 Å². The summed E-state index contributed by atoms with van der Waals surface area (Å²) < 4.78 is 5.84. The van der Waals surface area contributed by atoms with E-state index in [4.69, 9.17) is 4.74 Å². The highest BCUT2D eigenvalue weighted by molar-refractivity contribution is 6.02. The van der Waals surface area contributed by atoms with Gasteiger partial charge in [-0.1, -0.05) is 55.0 Å². The highest BCUT2D eigenvalue weighted by Crippen LogP contribution is 2.26. The molecule has 31 heavy (non-hydrogen) atoms. The summed E-state index contributed by atoms with van der Waals surface area (Å²) >= 11 is 0. The molecule has 0 atom stereocenters. The Morgan fingerprint density at radius 2 is 1.71 bits per heavy atom. The lowest BCUT2D eigenvalue weighted by atomic mass is 10.0. The molecule has 3 rings (SSSR count). The number of hydrazone groups is 1. The highest BCUT2D eigenvalue weighted by atomic mass is 16.5. The molecule has 0 heterocycles. The fourth-order valence-corrected chi connectivity index (χ4v) is 3.06. The monoisotopic (exact) mass is 417 g/mol. The van der Waals surface area contributed by atoms with Crippen LogP contribution in [0.3, 0.4) is 0 Å². The summed E-state index contributed by atoms with van der Waals surface area (Å²) in [7, 11) is 0. The number of carbonyl (C=O) groups excluding carboxylic acids is 2. The van der Waals surface area contributed by atoms with Gasteiger partial charge in [0, 0.05) is 24.1 Å². The normalized spacial score (nSPS) is 10.9. The summed E-state index contributed by atoms with van der Waals surface area (Å²) in [4.78, 5) is 24.2. The van der Waals surface area contributed by atoms with E-state index in [9.17, 15) is 9.59 Å². The Morgan fingerprint density at radius 3 is 2.48 bits per heavy atom. The summed E-state index contributed by atoms with van der Waals surface area (Å²) in [6.07, 6.45) is 2.61. The number of rotatable bonds is 9. The van der Waals surface area contributed by atoms with E-state index in [2.05, 4.69) is 15.8 Å². The molecule has 0 aliphatic carbocycles. The molecule has 6 heteroatoms. The molecular weight excluding hydrogens is 390 g/mol. The molecule has 0 aliphatic heterocycles. The molecule has 0 saturated carbocycles. The van der Waals surface area contributed by atoms with Gasteiger partial charge in [0.05, 0.1) is 12.8 Å². The van der Waals surface area contributed by atoms with Gasteiger partial charge in [0.1, 0.15) is 5.75 Å². The molecule has 2 N–H and O–H groups in total. The van der Waals surface area contributed by atoms with E-state index in [0.717, 1.165) is 34.1 Å². The molecule has 0 aliphatic rings. The van der Waals surface area contributed by atoms with Gasteiger partial charge in [0.2, 0.25) is 11.8 Å². The van der Waals surface area contributed by atoms with Crippen LogP contribution in [0.4, 0.5) is 5.69 Å². The lowest BCUT2D eigenvalue weighted by Gasteiger charge is -2.11. The molecule has 6 nitrogen and oxygen atoms in total. The maximum atomic E-state index is 12.1. The van der Waals surface area contributed by atoms with Crippen molar-refractivity contribution in [3.05, 3.63) is 71.8 Å². The van der Waals surface area contributed by atoms with E-state index in [1.807, 2.05) is 74.5 Å². The first kappa shape index (κ1) is 22.0. The Bertz CT molecular complexity index is 1080. The fraction of sp³-hybridized carbons (Fsp3) is 0.240. The Balaban J connectivity index is 1.58. The minimum absolute atomic E-state index is 0.0454. The van der Waals surface area contributed by atoms with Crippen molar-refractivity contribution in [1.29, 1.82) is 0 Å². The van der Waals surface area contributed by atoms with Crippen LogP contribution in [0.1, 0.15) is 37.3 Å². The van der Waals surface area contributed by atoms with Gasteiger partial charge in [-0.3, -0.25) is 9.59 Å². The number of nitrogens with zero attached hydrogens (tertiary/aromatic N) is 1. The molecule has 0 saturated heterocycles. The number of benzene rings is 3. The van der Waals surface area contributed by atoms with E-state index < -0.39 is 0 Å². The zero-order valence-corrected chi connectivity index (χ0v) is 17.9. The smallest absolute Gasteiger partial charge is 0.240 e. The van der Waals surface area contributed by atoms with Crippen molar-refractivity contribution in [2.75, 3.05) is 11.9 Å². The van der Waals surface area contributed by atoms with E-state index in [-0.39, 0.29) is 24.7 Å². The van der Waals surface area contributed by atoms with Gasteiger partial charge in [0.25, 0.3) is 0 Å². The first-order valence-corrected chi connectivity index (χ1v) is 10.4. The van der Waals surface area contributed by atoms with Crippen LogP contribution in [0.25, 0.3) is 10.8 Å². The molecular formula is C25H27N3O3. The van der Waals surface area contributed by atoms with E-state index >= 15 is 0 Å². The number of carbonyl (C=O) groups is 2. The molecule has 3 aromatic rings. The van der Waals surface area contributed by atoms with Gasteiger partial charge in [-0.05, 0) is 42.3 Å². The van der Waals surface area contributed by atoms with Crippen LogP contribution in [0.2, 0.25) is 0 Å². The number of anilines is 1. The van der Waals surface area contributed by atoms with Crippen LogP contribution in [-0.2, 0) is 9.59 Å². The predicted octanol–water partition coefficient (Wildman–Crippen LogP) is 4.81. The molecule has 0 fully saturated rings. The van der Waals surface area contributed by atoms with Gasteiger partial charge in [-0.15, -0.1) is 0 Å². The first-order chi connectivity index (χ1) is 15.1. The Kier molecular flexibility index (Phi) is 7.76. The Morgan fingerprint density at radius 1 is 0.968 bits per heavy atom. The number of nitrogens with one attached hydrogen (secondary N) is 2. The number of amides is 2. The highest BCUT2D eigenvalue weighted by Gasteiger charge is 2.09. The van der Waals surface area contributed by atoms with Crippen LogP contribution in [0, 0.1) is 6.92 Å². The molecule has 2 amide bonds. The molecule has 0 unspecified atom stereocenters. The van der Waals surface area contributed by atoms with Crippen LogP contribution >= 0.6 is 0 Å². The van der Waals surface area contributed by atoms with E-state index in [1.165, 1.54) is 0 Å². The van der Waals surface area contributed by atoms with Crippen LogP contribution < -0.4 is 15.5 Å². The van der Waals surface area contributed by atoms with Gasteiger partial charge >= 0.3 is 0 Å². The topological polar surface area (TPSA) is 79.8 Å². The summed E-state index contributed by atoms with van der Waals surface area (Å²) in [6.45, 7) is 4.62. The molecule has 160 valence electrons. The van der Waals surface area contributed by atoms with Crippen molar-refractivity contribution < 1.29 is 14.3 Å². The quantitative estimate of drug-likeness (QED) is 0.387. The van der Waals surface area contributed by atoms with Crippen LogP contribution in [0.5, 0.6) is 5.75 Å². The standard InChI is InChI=1S/C25H27N3O3/c1-3-16-31-23-13-10-19-6-4-5-7-21(19)22(23)17-26-28-25(30)15-14-24(29)27-20-11-8-18(2)9-12-20/h4-13,17H,3,14-16H2,1-2H3,(H,27,29)(H,28,30). The average molecular weight is 418 g/mol. The number of ether oxygens (including phenoxy) is 1. The number of hydrogen-bond donors (Lipinski definition) is 2. The Hall–Kier alpha value is -3.67. The molecule has 0 bridgehead atoms. The molecule has 0 radical (unpaired) electrons. The number of fused-ring (bicyclic) bond motifs is 1. The second-order valence-corrected chi connectivity index (χ2v) is 7.25. The second kappa shape index (κ2) is 10.9. The largest absolute Gasteiger partial charge is 0.493 e. The SMILES string of the molecule is CCCOc1ccc2ccccc2c1C=NNC(=O)CCC(=O)Nc1ccc(C)cc1. The third-order valence-corrected chi connectivity index (χ3v) is 4.69. The zero-order chi connectivity index (χ0) is 22.1.